The lowest BCUT2D eigenvalue weighted by Crippen LogP contribution is -2.43. The van der Waals surface area contributed by atoms with Gasteiger partial charge in [0.2, 0.25) is 5.91 Å². The maximum Gasteiger partial charge on any atom is 0.472 e. The van der Waals surface area contributed by atoms with Crippen molar-refractivity contribution in [2.75, 3.05) is 19.8 Å². The van der Waals surface area contributed by atoms with E-state index in [1.165, 1.54) is 19.3 Å². The van der Waals surface area contributed by atoms with Gasteiger partial charge in [0.05, 0.1) is 13.2 Å². The average molecular weight is 858 g/mol. The molecule has 12 heteroatoms. The lowest BCUT2D eigenvalue weighted by molar-refractivity contribution is -0.147. The normalized spacial score (nSPS) is 14.7. The first-order valence-electron chi connectivity index (χ1n) is 21.9. The quantitative estimate of drug-likeness (QED) is 0.0202. The Kier molecular flexibility index (Phi) is 39.2. The second-order valence-electron chi connectivity index (χ2n) is 14.1. The summed E-state index contributed by atoms with van der Waals surface area (Å²) in [5, 5.41) is 21.8. The molecule has 60 heavy (non-hydrogen) atoms. The van der Waals surface area contributed by atoms with Crippen molar-refractivity contribution < 1.29 is 47.8 Å². The molecule has 0 aromatic carbocycles. The van der Waals surface area contributed by atoms with Crippen molar-refractivity contribution in [1.29, 1.82) is 0 Å². The van der Waals surface area contributed by atoms with E-state index in [-0.39, 0.29) is 12.8 Å². The third-order valence-electron chi connectivity index (χ3n) is 8.55. The Hall–Kier alpha value is -3.86. The van der Waals surface area contributed by atoms with Crippen molar-refractivity contribution in [3.8, 4) is 0 Å². The van der Waals surface area contributed by atoms with E-state index < -0.39 is 57.6 Å². The summed E-state index contributed by atoms with van der Waals surface area (Å²) in [6.45, 7) is 2.35. The predicted octanol–water partition coefficient (Wildman–Crippen LogP) is 11.4. The molecule has 0 aliphatic heterocycles. The SMILES string of the molecule is CC/C=C\C/C=C\C/C=C\C/C=C\C/C=C\CCCCCC(=O)NC(COP(=O)(O)OCC(O)COC(=O)CCC/C=C\C/C=C\C/C=C\C/C=C\CCCCC)C(=O)O. The zero-order valence-electron chi connectivity index (χ0n) is 36.5. The molecular formula is C48H76NO10P. The van der Waals surface area contributed by atoms with E-state index in [0.717, 1.165) is 77.0 Å². The number of rotatable bonds is 39. The monoisotopic (exact) mass is 858 g/mol. The summed E-state index contributed by atoms with van der Waals surface area (Å²) in [6.07, 6.45) is 54.0. The number of allylic oxidation sites excluding steroid dienone is 18. The topological polar surface area (TPSA) is 169 Å². The Morgan fingerprint density at radius 2 is 0.983 bits per heavy atom. The highest BCUT2D eigenvalue weighted by Crippen LogP contribution is 2.43. The summed E-state index contributed by atoms with van der Waals surface area (Å²) < 4.78 is 26.8. The number of amides is 1. The van der Waals surface area contributed by atoms with Crippen molar-refractivity contribution in [3.05, 3.63) is 109 Å². The number of phosphoric ester groups is 1. The van der Waals surface area contributed by atoms with Gasteiger partial charge in [-0.3, -0.25) is 18.6 Å². The fraction of sp³-hybridized carbons (Fsp3) is 0.562. The molecule has 0 rings (SSSR count). The van der Waals surface area contributed by atoms with Crippen LogP contribution < -0.4 is 5.32 Å². The van der Waals surface area contributed by atoms with E-state index in [1.807, 2.05) is 12.2 Å². The number of carbonyl (C=O) groups is 3. The third kappa shape index (κ3) is 40.9. The number of nitrogens with one attached hydrogen (secondary N) is 1. The summed E-state index contributed by atoms with van der Waals surface area (Å²) in [5.41, 5.74) is 0. The number of phosphoric acid groups is 1. The molecule has 0 saturated heterocycles. The summed E-state index contributed by atoms with van der Waals surface area (Å²) in [7, 11) is -4.79. The van der Waals surface area contributed by atoms with E-state index in [1.54, 1.807) is 0 Å². The van der Waals surface area contributed by atoms with Gasteiger partial charge in [-0.15, -0.1) is 0 Å². The van der Waals surface area contributed by atoms with Crippen LogP contribution in [0.4, 0.5) is 0 Å². The highest BCUT2D eigenvalue weighted by molar-refractivity contribution is 7.47. The van der Waals surface area contributed by atoms with Crippen LogP contribution in [0.5, 0.6) is 0 Å². The van der Waals surface area contributed by atoms with Gasteiger partial charge >= 0.3 is 19.8 Å². The summed E-state index contributed by atoms with van der Waals surface area (Å²) in [6, 6.07) is -1.58. The molecule has 0 heterocycles. The molecule has 0 aromatic heterocycles. The standard InChI is InChI=1S/C48H76NO10P/c1-3-5-7-9-11-13-15-17-19-21-22-24-25-27-29-31-33-35-37-39-46(51)49-45(48(53)54)43-59-60(55,56)58-42-44(50)41-57-47(52)40-38-36-34-32-30-28-26-23-20-18-16-14-12-10-8-6-4-2/h5,7,11-14,17-20,22,24,26-29,32,34,44-45,50H,3-4,6,8-10,15-16,21,23,25,30-31,33,35-43H2,1-2H3,(H,49,51)(H,53,54)(H,55,56)/b7-5-,13-11-,14-12-,19-17-,20-18-,24-22-,28-26-,29-27-,34-32-. The van der Waals surface area contributed by atoms with E-state index in [0.29, 0.717) is 19.3 Å². The summed E-state index contributed by atoms with van der Waals surface area (Å²) >= 11 is 0. The Labute approximate surface area is 361 Å². The maximum absolute atomic E-state index is 12.3. The molecule has 0 fully saturated rings. The van der Waals surface area contributed by atoms with Gasteiger partial charge < -0.3 is 25.2 Å². The van der Waals surface area contributed by atoms with Gasteiger partial charge in [0.1, 0.15) is 12.7 Å². The van der Waals surface area contributed by atoms with Gasteiger partial charge in [-0.1, -0.05) is 142 Å². The number of aliphatic carboxylic acids is 1. The highest BCUT2D eigenvalue weighted by atomic mass is 31.2. The minimum atomic E-state index is -4.79. The Morgan fingerprint density at radius 1 is 0.550 bits per heavy atom. The molecule has 0 saturated carbocycles. The number of ether oxygens (including phenoxy) is 1. The van der Waals surface area contributed by atoms with Gasteiger partial charge in [0.25, 0.3) is 0 Å². The molecule has 0 aliphatic carbocycles. The van der Waals surface area contributed by atoms with Crippen molar-refractivity contribution in [2.45, 2.75) is 154 Å². The predicted molar refractivity (Wildman–Crippen MR) is 244 cm³/mol. The number of carbonyl (C=O) groups excluding carboxylic acids is 2. The lowest BCUT2D eigenvalue weighted by atomic mass is 10.1. The van der Waals surface area contributed by atoms with Crippen LogP contribution in [0.25, 0.3) is 0 Å². The van der Waals surface area contributed by atoms with Crippen molar-refractivity contribution in [2.24, 2.45) is 0 Å². The maximum atomic E-state index is 12.3. The van der Waals surface area contributed by atoms with Gasteiger partial charge in [-0.2, -0.15) is 0 Å². The molecule has 0 bridgehead atoms. The number of esters is 1. The Morgan fingerprint density at radius 3 is 1.45 bits per heavy atom. The van der Waals surface area contributed by atoms with E-state index >= 15 is 0 Å². The third-order valence-corrected chi connectivity index (χ3v) is 9.50. The first kappa shape index (κ1) is 56.1. The highest BCUT2D eigenvalue weighted by Gasteiger charge is 2.28. The minimum Gasteiger partial charge on any atom is -0.480 e. The van der Waals surface area contributed by atoms with Crippen molar-refractivity contribution >= 4 is 25.7 Å². The fourth-order valence-corrected chi connectivity index (χ4v) is 5.93. The minimum absolute atomic E-state index is 0.0954. The number of hydrogen-bond donors (Lipinski definition) is 4. The van der Waals surface area contributed by atoms with Crippen LogP contribution in [0.1, 0.15) is 142 Å². The van der Waals surface area contributed by atoms with E-state index in [9.17, 15) is 34.1 Å². The fourth-order valence-electron chi connectivity index (χ4n) is 5.16. The van der Waals surface area contributed by atoms with Crippen LogP contribution >= 0.6 is 7.82 Å². The van der Waals surface area contributed by atoms with Crippen LogP contribution in [0.3, 0.4) is 0 Å². The number of carboxylic acids is 1. The molecule has 0 radical (unpaired) electrons. The molecule has 0 aromatic rings. The lowest BCUT2D eigenvalue weighted by Gasteiger charge is -2.18. The zero-order chi connectivity index (χ0) is 44.2. The van der Waals surface area contributed by atoms with Crippen LogP contribution in [0.15, 0.2) is 109 Å². The summed E-state index contributed by atoms with van der Waals surface area (Å²) in [5.74, 6) is -2.50. The van der Waals surface area contributed by atoms with Gasteiger partial charge in [0.15, 0.2) is 6.04 Å². The number of hydrogen-bond acceptors (Lipinski definition) is 8. The van der Waals surface area contributed by atoms with Crippen LogP contribution in [0, 0.1) is 0 Å². The first-order chi connectivity index (χ1) is 29.1. The van der Waals surface area contributed by atoms with Crippen LogP contribution in [0.2, 0.25) is 0 Å². The smallest absolute Gasteiger partial charge is 0.472 e. The first-order valence-corrected chi connectivity index (χ1v) is 23.4. The number of unbranched alkanes of at least 4 members (excludes halogenated alkanes) is 7. The number of aliphatic hydroxyl groups excluding tert-OH is 1. The molecule has 0 spiro atoms. The molecular weight excluding hydrogens is 781 g/mol. The van der Waals surface area contributed by atoms with E-state index in [2.05, 4.69) is 116 Å². The Balaban J connectivity index is 4.06. The molecule has 3 unspecified atom stereocenters. The van der Waals surface area contributed by atoms with Crippen LogP contribution in [-0.4, -0.2) is 64.9 Å². The van der Waals surface area contributed by atoms with Gasteiger partial charge in [0, 0.05) is 12.8 Å². The zero-order valence-corrected chi connectivity index (χ0v) is 37.4. The molecule has 3 atom stereocenters. The molecule has 0 aliphatic rings. The summed E-state index contributed by atoms with van der Waals surface area (Å²) in [4.78, 5) is 45.9. The largest absolute Gasteiger partial charge is 0.480 e. The van der Waals surface area contributed by atoms with Crippen molar-refractivity contribution in [1.82, 2.24) is 5.32 Å². The second-order valence-corrected chi connectivity index (χ2v) is 15.6. The molecule has 1 amide bonds. The van der Waals surface area contributed by atoms with E-state index in [4.69, 9.17) is 13.8 Å². The van der Waals surface area contributed by atoms with Crippen LogP contribution in [-0.2, 0) is 32.7 Å². The van der Waals surface area contributed by atoms with Gasteiger partial charge in [-0.25, -0.2) is 9.36 Å². The molecule has 338 valence electrons. The number of carboxylic acid groups (broad SMARTS) is 1. The molecule has 4 N–H and O–H groups in total. The van der Waals surface area contributed by atoms with Crippen molar-refractivity contribution in [3.63, 3.8) is 0 Å². The average Bonchev–Trinajstić information content (AvgIpc) is 3.22. The molecule has 11 nitrogen and oxygen atoms in total. The second kappa shape index (κ2) is 41.9. The van der Waals surface area contributed by atoms with Gasteiger partial charge in [-0.05, 0) is 96.3 Å². The number of aliphatic hydroxyl groups is 1. The Bertz CT molecular complexity index is 1430.